The van der Waals surface area contributed by atoms with Gasteiger partial charge in [0.15, 0.2) is 4.34 Å². The van der Waals surface area contributed by atoms with Crippen LogP contribution in [0.4, 0.5) is 0 Å². The molecular weight excluding hydrogens is 336 g/mol. The summed E-state index contributed by atoms with van der Waals surface area (Å²) >= 11 is 2.78. The van der Waals surface area contributed by atoms with Gasteiger partial charge in [-0.2, -0.15) is 0 Å². The minimum Gasteiger partial charge on any atom is -0.467 e. The second-order valence-electron chi connectivity index (χ2n) is 4.64. The van der Waals surface area contributed by atoms with Gasteiger partial charge in [0.2, 0.25) is 5.91 Å². The fourth-order valence-electron chi connectivity index (χ4n) is 1.72. The van der Waals surface area contributed by atoms with Crippen molar-refractivity contribution in [1.82, 2.24) is 10.3 Å². The summed E-state index contributed by atoms with van der Waals surface area (Å²) in [5.41, 5.74) is 0.666. The van der Waals surface area contributed by atoms with Crippen LogP contribution >= 0.6 is 23.1 Å². The maximum absolute atomic E-state index is 12.0. The number of hydrogen-bond donors (Lipinski definition) is 1. The van der Waals surface area contributed by atoms with E-state index in [1.807, 2.05) is 12.3 Å². The van der Waals surface area contributed by atoms with Crippen molar-refractivity contribution < 1.29 is 18.7 Å². The molecule has 0 unspecified atom stereocenters. The molecule has 0 aromatic carbocycles. The third-order valence-electron chi connectivity index (χ3n) is 2.83. The molecule has 6 nitrogen and oxygen atoms in total. The number of furan rings is 1. The van der Waals surface area contributed by atoms with Crippen LogP contribution in [-0.4, -0.2) is 28.7 Å². The molecule has 23 heavy (non-hydrogen) atoms. The summed E-state index contributed by atoms with van der Waals surface area (Å²) in [6, 6.07) is 3.58. The van der Waals surface area contributed by atoms with Crippen molar-refractivity contribution in [2.75, 3.05) is 6.61 Å². The van der Waals surface area contributed by atoms with E-state index >= 15 is 0 Å². The van der Waals surface area contributed by atoms with Crippen LogP contribution in [0.5, 0.6) is 0 Å². The highest BCUT2D eigenvalue weighted by atomic mass is 32.2. The zero-order valence-corrected chi connectivity index (χ0v) is 14.5. The number of nitrogens with zero attached hydrogens (tertiary/aromatic N) is 1. The summed E-state index contributed by atoms with van der Waals surface area (Å²) in [5.74, 6) is 0.327. The third kappa shape index (κ3) is 5.72. The predicted molar refractivity (Wildman–Crippen MR) is 88.3 cm³/mol. The molecule has 2 rings (SSSR count). The van der Waals surface area contributed by atoms with Crippen LogP contribution in [0.3, 0.4) is 0 Å². The van der Waals surface area contributed by atoms with Crippen LogP contribution in [0.25, 0.3) is 0 Å². The molecule has 8 heteroatoms. The van der Waals surface area contributed by atoms with E-state index in [0.717, 1.165) is 4.34 Å². The molecule has 1 amide bonds. The number of hydrogen-bond acceptors (Lipinski definition) is 7. The van der Waals surface area contributed by atoms with Gasteiger partial charge in [-0.25, -0.2) is 4.98 Å². The van der Waals surface area contributed by atoms with Crippen LogP contribution in [0, 0.1) is 0 Å². The molecule has 0 aliphatic heterocycles. The van der Waals surface area contributed by atoms with Gasteiger partial charge in [-0.3, -0.25) is 9.59 Å². The fourth-order valence-corrected chi connectivity index (χ4v) is 3.72. The lowest BCUT2D eigenvalue weighted by molar-refractivity contribution is -0.142. The molecule has 0 saturated carbocycles. The van der Waals surface area contributed by atoms with E-state index in [1.54, 1.807) is 25.3 Å². The molecular formula is C15H18N2O4S2. The molecule has 0 fully saturated rings. The second-order valence-corrected chi connectivity index (χ2v) is 7.09. The quantitative estimate of drug-likeness (QED) is 0.580. The van der Waals surface area contributed by atoms with E-state index < -0.39 is 0 Å². The number of esters is 1. The van der Waals surface area contributed by atoms with Crippen molar-refractivity contribution >= 4 is 35.0 Å². The van der Waals surface area contributed by atoms with Crippen LogP contribution in [0.2, 0.25) is 0 Å². The lowest BCUT2D eigenvalue weighted by Gasteiger charge is -2.09. The lowest BCUT2D eigenvalue weighted by Crippen LogP contribution is -2.30. The molecule has 2 aromatic heterocycles. The number of carbonyl (C=O) groups is 2. The van der Waals surface area contributed by atoms with Crippen LogP contribution < -0.4 is 5.32 Å². The van der Waals surface area contributed by atoms with Crippen molar-refractivity contribution in [3.05, 3.63) is 35.2 Å². The SMILES string of the molecule is CCOC(=O)Cc1csc(S[C@H](C)C(=O)NCc2ccco2)n1. The smallest absolute Gasteiger partial charge is 0.311 e. The predicted octanol–water partition coefficient (Wildman–Crippen LogP) is 2.64. The largest absolute Gasteiger partial charge is 0.467 e. The molecule has 2 aromatic rings. The first kappa shape index (κ1) is 17.6. The molecule has 0 spiro atoms. The fraction of sp³-hybridized carbons (Fsp3) is 0.400. The first-order valence-electron chi connectivity index (χ1n) is 7.15. The highest BCUT2D eigenvalue weighted by molar-refractivity contribution is 8.02. The summed E-state index contributed by atoms with van der Waals surface area (Å²) in [5, 5.41) is 4.34. The van der Waals surface area contributed by atoms with Crippen molar-refractivity contribution in [2.45, 2.75) is 36.4 Å². The van der Waals surface area contributed by atoms with E-state index in [-0.39, 0.29) is 23.5 Å². The first-order chi connectivity index (χ1) is 11.1. The number of nitrogens with one attached hydrogen (secondary N) is 1. The minimum absolute atomic E-state index is 0.0893. The Balaban J connectivity index is 1.80. The maximum atomic E-state index is 12.0. The first-order valence-corrected chi connectivity index (χ1v) is 8.91. The van der Waals surface area contributed by atoms with Gasteiger partial charge in [0.1, 0.15) is 5.76 Å². The molecule has 0 radical (unpaired) electrons. The number of ether oxygens (including phenoxy) is 1. The van der Waals surface area contributed by atoms with Crippen molar-refractivity contribution in [3.63, 3.8) is 0 Å². The Bertz CT molecular complexity index is 640. The number of rotatable bonds is 8. The maximum Gasteiger partial charge on any atom is 0.311 e. The molecule has 1 atom stereocenters. The zero-order chi connectivity index (χ0) is 16.7. The van der Waals surface area contributed by atoms with Gasteiger partial charge >= 0.3 is 5.97 Å². The number of amides is 1. The monoisotopic (exact) mass is 354 g/mol. The Hall–Kier alpha value is -1.80. The molecule has 0 saturated heterocycles. The van der Waals surface area contributed by atoms with Crippen molar-refractivity contribution in [2.24, 2.45) is 0 Å². The molecule has 124 valence electrons. The van der Waals surface area contributed by atoms with Gasteiger partial charge in [-0.15, -0.1) is 11.3 Å². The van der Waals surface area contributed by atoms with Crippen molar-refractivity contribution in [3.8, 4) is 0 Å². The van der Waals surface area contributed by atoms with Crippen LogP contribution in [-0.2, 0) is 27.3 Å². The summed E-state index contributed by atoms with van der Waals surface area (Å²) in [6.45, 7) is 4.30. The molecule has 0 aliphatic carbocycles. The van der Waals surface area contributed by atoms with E-state index in [1.165, 1.54) is 23.1 Å². The summed E-state index contributed by atoms with van der Waals surface area (Å²) in [7, 11) is 0. The Morgan fingerprint density at radius 1 is 1.52 bits per heavy atom. The standard InChI is InChI=1S/C15H18N2O4S2/c1-3-20-13(18)7-11-9-22-15(17-11)23-10(2)14(19)16-8-12-5-4-6-21-12/h4-6,9-10H,3,7-8H2,1-2H3,(H,16,19)/t10-/m1/s1. The number of aromatic nitrogens is 1. The average molecular weight is 354 g/mol. The molecule has 1 N–H and O–H groups in total. The van der Waals surface area contributed by atoms with Gasteiger partial charge in [0.25, 0.3) is 0 Å². The Labute approximate surface area is 142 Å². The molecule has 0 aliphatic rings. The van der Waals surface area contributed by atoms with Gasteiger partial charge in [0, 0.05) is 5.38 Å². The summed E-state index contributed by atoms with van der Waals surface area (Å²) < 4.78 is 10.8. The van der Waals surface area contributed by atoms with Gasteiger partial charge in [-0.05, 0) is 26.0 Å². The molecule has 0 bridgehead atoms. The second kappa shape index (κ2) is 8.73. The third-order valence-corrected chi connectivity index (χ3v) is 4.95. The minimum atomic E-state index is -0.293. The molecule has 2 heterocycles. The van der Waals surface area contributed by atoms with E-state index in [0.29, 0.717) is 24.6 Å². The highest BCUT2D eigenvalue weighted by Gasteiger charge is 2.17. The number of carbonyl (C=O) groups excluding carboxylic acids is 2. The normalized spacial score (nSPS) is 11.9. The zero-order valence-electron chi connectivity index (χ0n) is 12.9. The van der Waals surface area contributed by atoms with E-state index in [2.05, 4.69) is 10.3 Å². The van der Waals surface area contributed by atoms with Crippen molar-refractivity contribution in [1.29, 1.82) is 0 Å². The number of thiazole rings is 1. The summed E-state index contributed by atoms with van der Waals surface area (Å²) in [6.07, 6.45) is 1.73. The number of thioether (sulfide) groups is 1. The Morgan fingerprint density at radius 3 is 3.04 bits per heavy atom. The topological polar surface area (TPSA) is 81.4 Å². The van der Waals surface area contributed by atoms with Gasteiger partial charge < -0.3 is 14.5 Å². The Morgan fingerprint density at radius 2 is 2.35 bits per heavy atom. The van der Waals surface area contributed by atoms with Crippen LogP contribution in [0.1, 0.15) is 25.3 Å². The van der Waals surface area contributed by atoms with E-state index in [9.17, 15) is 9.59 Å². The van der Waals surface area contributed by atoms with E-state index in [4.69, 9.17) is 9.15 Å². The average Bonchev–Trinajstić information content (AvgIpc) is 3.17. The highest BCUT2D eigenvalue weighted by Crippen LogP contribution is 2.27. The summed E-state index contributed by atoms with van der Waals surface area (Å²) in [4.78, 5) is 27.8. The van der Waals surface area contributed by atoms with Gasteiger partial charge in [0.05, 0.1) is 36.8 Å². The van der Waals surface area contributed by atoms with Crippen LogP contribution in [0.15, 0.2) is 32.5 Å². The lowest BCUT2D eigenvalue weighted by atomic mass is 10.3. The Kier molecular flexibility index (Phi) is 6.66. The van der Waals surface area contributed by atoms with Gasteiger partial charge in [-0.1, -0.05) is 11.8 Å².